The number of esters is 1. The third-order valence-corrected chi connectivity index (χ3v) is 11.4. The Morgan fingerprint density at radius 2 is 1.74 bits per heavy atom. The van der Waals surface area contributed by atoms with Crippen LogP contribution < -0.4 is 0 Å². The highest BCUT2D eigenvalue weighted by Gasteiger charge is 2.46. The van der Waals surface area contributed by atoms with Crippen molar-refractivity contribution >= 4 is 15.8 Å². The minimum absolute atomic E-state index is 0.0150. The first-order valence-corrected chi connectivity index (χ1v) is 17.6. The van der Waals surface area contributed by atoms with Gasteiger partial charge in [0.15, 0.2) is 9.84 Å². The molecule has 0 bridgehead atoms. The molecule has 2 aliphatic heterocycles. The first-order valence-electron chi connectivity index (χ1n) is 15.9. The van der Waals surface area contributed by atoms with E-state index in [0.29, 0.717) is 23.2 Å². The molecule has 0 N–H and O–H groups in total. The number of methoxy groups -OCH3 is 1. The second-order valence-corrected chi connectivity index (χ2v) is 14.8. The van der Waals surface area contributed by atoms with Gasteiger partial charge in [-0.25, -0.2) is 13.2 Å². The number of ether oxygens (including phenoxy) is 4. The largest absolute Gasteiger partial charge is 0.459 e. The number of carbonyl (C=O) groups excluding carboxylic acids is 1. The number of sulfone groups is 1. The van der Waals surface area contributed by atoms with E-state index in [1.54, 1.807) is 24.3 Å². The van der Waals surface area contributed by atoms with E-state index in [0.717, 1.165) is 44.1 Å². The lowest BCUT2D eigenvalue weighted by Crippen LogP contribution is -2.38. The van der Waals surface area contributed by atoms with Gasteiger partial charge in [0.2, 0.25) is 0 Å². The average Bonchev–Trinajstić information content (AvgIpc) is 3.24. The molecular formula is C34H54O7S. The van der Waals surface area contributed by atoms with E-state index in [-0.39, 0.29) is 55.2 Å². The van der Waals surface area contributed by atoms with E-state index >= 15 is 0 Å². The van der Waals surface area contributed by atoms with Gasteiger partial charge in [-0.2, -0.15) is 0 Å². The molecule has 1 fully saturated rings. The highest BCUT2D eigenvalue weighted by Crippen LogP contribution is 2.42. The normalized spacial score (nSPS) is 28.1. The van der Waals surface area contributed by atoms with E-state index in [1.165, 1.54) is 12.7 Å². The van der Waals surface area contributed by atoms with Crippen LogP contribution in [0.3, 0.4) is 0 Å². The van der Waals surface area contributed by atoms with Gasteiger partial charge in [-0.15, -0.1) is 0 Å². The molecular weight excluding hydrogens is 552 g/mol. The third kappa shape index (κ3) is 9.63. The summed E-state index contributed by atoms with van der Waals surface area (Å²) in [7, 11) is -2.04. The first kappa shape index (κ1) is 34.7. The lowest BCUT2D eigenvalue weighted by molar-refractivity contribution is -0.147. The van der Waals surface area contributed by atoms with Gasteiger partial charge >= 0.3 is 5.97 Å². The minimum atomic E-state index is -3.51. The SMILES string of the molecule is CC[C@@H](C)C[C@H]1O[C@@H](CC2O[C@H](CC[C@@H](C)CC)CC(C)=C2COC(=O)COC)[C@H](CS(=O)(=O)c2ccccc2)[C@H]1C. The lowest BCUT2D eigenvalue weighted by Gasteiger charge is -2.36. The smallest absolute Gasteiger partial charge is 0.332 e. The van der Waals surface area contributed by atoms with E-state index in [2.05, 4.69) is 41.5 Å². The van der Waals surface area contributed by atoms with Crippen molar-refractivity contribution in [2.24, 2.45) is 23.7 Å². The molecule has 0 aromatic heterocycles. The fourth-order valence-corrected chi connectivity index (χ4v) is 8.05. The molecule has 1 aromatic carbocycles. The molecule has 2 aliphatic rings. The van der Waals surface area contributed by atoms with Crippen LogP contribution in [0.1, 0.15) is 86.5 Å². The van der Waals surface area contributed by atoms with Crippen molar-refractivity contribution in [2.45, 2.75) is 116 Å². The summed E-state index contributed by atoms with van der Waals surface area (Å²) < 4.78 is 51.2. The molecule has 1 aromatic rings. The summed E-state index contributed by atoms with van der Waals surface area (Å²) in [6.45, 7) is 13.2. The van der Waals surface area contributed by atoms with Gasteiger partial charge < -0.3 is 18.9 Å². The summed E-state index contributed by atoms with van der Waals surface area (Å²) in [5.41, 5.74) is 2.15. The molecule has 0 radical (unpaired) electrons. The highest BCUT2D eigenvalue weighted by atomic mass is 32.2. The van der Waals surface area contributed by atoms with Crippen LogP contribution in [0.4, 0.5) is 0 Å². The molecule has 8 heteroatoms. The maximum absolute atomic E-state index is 13.6. The molecule has 7 nitrogen and oxygen atoms in total. The van der Waals surface area contributed by atoms with Crippen LogP contribution in [0, 0.1) is 23.7 Å². The Balaban J connectivity index is 1.88. The number of hydrogen-bond acceptors (Lipinski definition) is 7. The predicted octanol–water partition coefficient (Wildman–Crippen LogP) is 6.80. The van der Waals surface area contributed by atoms with E-state index in [4.69, 9.17) is 18.9 Å². The zero-order chi connectivity index (χ0) is 30.9. The summed E-state index contributed by atoms with van der Waals surface area (Å²) in [5, 5.41) is 0. The monoisotopic (exact) mass is 606 g/mol. The molecule has 0 saturated carbocycles. The molecule has 0 spiro atoms. The molecule has 238 valence electrons. The van der Waals surface area contributed by atoms with Crippen LogP contribution in [0.5, 0.6) is 0 Å². The molecule has 0 aliphatic carbocycles. The van der Waals surface area contributed by atoms with Crippen molar-refractivity contribution in [3.63, 3.8) is 0 Å². The Morgan fingerprint density at radius 3 is 2.38 bits per heavy atom. The minimum Gasteiger partial charge on any atom is -0.459 e. The molecule has 1 saturated heterocycles. The summed E-state index contributed by atoms with van der Waals surface area (Å²) in [6.07, 6.45) is 5.92. The van der Waals surface area contributed by atoms with Crippen LogP contribution in [-0.4, -0.2) is 64.9 Å². The second kappa shape index (κ2) is 16.4. The molecule has 42 heavy (non-hydrogen) atoms. The Morgan fingerprint density at radius 1 is 1.05 bits per heavy atom. The molecule has 0 amide bonds. The Hall–Kier alpha value is -1.74. The van der Waals surface area contributed by atoms with Crippen molar-refractivity contribution in [3.05, 3.63) is 41.5 Å². The van der Waals surface area contributed by atoms with Crippen molar-refractivity contribution in [2.75, 3.05) is 26.1 Å². The Labute approximate surface area is 254 Å². The Kier molecular flexibility index (Phi) is 13.5. The number of carbonyl (C=O) groups is 1. The zero-order valence-corrected chi connectivity index (χ0v) is 27.7. The molecule has 2 heterocycles. The van der Waals surface area contributed by atoms with Crippen LogP contribution in [0.2, 0.25) is 0 Å². The third-order valence-electron chi connectivity index (χ3n) is 9.54. The molecule has 1 unspecified atom stereocenters. The predicted molar refractivity (Wildman–Crippen MR) is 166 cm³/mol. The number of rotatable bonds is 16. The van der Waals surface area contributed by atoms with Crippen LogP contribution >= 0.6 is 0 Å². The van der Waals surface area contributed by atoms with Crippen LogP contribution in [-0.2, 0) is 33.6 Å². The lowest BCUT2D eigenvalue weighted by atomic mass is 9.83. The zero-order valence-electron chi connectivity index (χ0n) is 26.8. The summed E-state index contributed by atoms with van der Waals surface area (Å²) >= 11 is 0. The van der Waals surface area contributed by atoms with Gasteiger partial charge in [-0.05, 0) is 68.1 Å². The topological polar surface area (TPSA) is 88.1 Å². The number of benzene rings is 1. The van der Waals surface area contributed by atoms with Gasteiger partial charge in [-0.3, -0.25) is 0 Å². The molecule has 3 rings (SSSR count). The van der Waals surface area contributed by atoms with E-state index < -0.39 is 15.8 Å². The fraction of sp³-hybridized carbons (Fsp3) is 0.735. The van der Waals surface area contributed by atoms with Crippen LogP contribution in [0.25, 0.3) is 0 Å². The maximum Gasteiger partial charge on any atom is 0.332 e. The maximum atomic E-state index is 13.6. The highest BCUT2D eigenvalue weighted by molar-refractivity contribution is 7.91. The molecule has 8 atom stereocenters. The first-order chi connectivity index (χ1) is 20.0. The van der Waals surface area contributed by atoms with Gasteiger partial charge in [0.05, 0.1) is 35.1 Å². The Bertz CT molecular complexity index is 1120. The van der Waals surface area contributed by atoms with Gasteiger partial charge in [-0.1, -0.05) is 71.2 Å². The van der Waals surface area contributed by atoms with E-state index in [9.17, 15) is 13.2 Å². The number of hydrogen-bond donors (Lipinski definition) is 0. The second-order valence-electron chi connectivity index (χ2n) is 12.8. The van der Waals surface area contributed by atoms with Crippen molar-refractivity contribution in [3.8, 4) is 0 Å². The van der Waals surface area contributed by atoms with Gasteiger partial charge in [0, 0.05) is 19.4 Å². The summed E-state index contributed by atoms with van der Waals surface area (Å²) in [6, 6.07) is 8.72. The van der Waals surface area contributed by atoms with Gasteiger partial charge in [0.1, 0.15) is 13.2 Å². The van der Waals surface area contributed by atoms with Crippen molar-refractivity contribution < 1.29 is 32.2 Å². The van der Waals surface area contributed by atoms with Crippen LogP contribution in [0.15, 0.2) is 46.4 Å². The average molecular weight is 607 g/mol. The summed E-state index contributed by atoms with van der Waals surface area (Å²) in [5.74, 6) is 0.634. The van der Waals surface area contributed by atoms with E-state index in [1.807, 2.05) is 6.07 Å². The van der Waals surface area contributed by atoms with Crippen molar-refractivity contribution in [1.82, 2.24) is 0 Å². The quantitative estimate of drug-likeness (QED) is 0.151. The van der Waals surface area contributed by atoms with Gasteiger partial charge in [0.25, 0.3) is 0 Å². The fourth-order valence-electron chi connectivity index (χ4n) is 6.26. The summed E-state index contributed by atoms with van der Waals surface area (Å²) in [4.78, 5) is 12.5. The van der Waals surface area contributed by atoms with Crippen molar-refractivity contribution in [1.29, 1.82) is 0 Å². The standard InChI is InChI=1S/C34H54O7S/c1-8-23(3)15-16-27-18-25(5)29(20-39-34(35)21-38-7)32(40-27)19-33-30(26(6)31(41-33)17-24(4)9-2)22-42(36,37)28-13-11-10-12-14-28/h10-14,23-24,26-27,30-33H,8-9,15-22H2,1-7H3/t23-,24+,26+,27+,30+,31+,32?,33-/m0/s1.